The molecule has 0 saturated carbocycles. The van der Waals surface area contributed by atoms with E-state index >= 15 is 0 Å². The number of piperazine rings is 1. The second-order valence-electron chi connectivity index (χ2n) is 7.29. The molecule has 0 bridgehead atoms. The fraction of sp³-hybridized carbons (Fsp3) is 0.667. The van der Waals surface area contributed by atoms with Crippen LogP contribution >= 0.6 is 11.8 Å². The average molecular weight is 457 g/mol. The van der Waals surface area contributed by atoms with E-state index in [-0.39, 0.29) is 10.8 Å². The third-order valence-electron chi connectivity index (χ3n) is 5.33. The van der Waals surface area contributed by atoms with Gasteiger partial charge in [0.05, 0.1) is 22.0 Å². The van der Waals surface area contributed by atoms with Gasteiger partial charge >= 0.3 is 0 Å². The van der Waals surface area contributed by atoms with Gasteiger partial charge in [0, 0.05) is 39.3 Å². The van der Waals surface area contributed by atoms with Crippen LogP contribution in [0.2, 0.25) is 0 Å². The maximum atomic E-state index is 13.0. The Bertz CT molecular complexity index is 789. The molecular weight excluding hydrogens is 420 g/mol. The first-order chi connectivity index (χ1) is 14.4. The summed E-state index contributed by atoms with van der Waals surface area (Å²) in [7, 11) is -3.59. The van der Waals surface area contributed by atoms with Crippen LogP contribution in [0.3, 0.4) is 0 Å². The van der Waals surface area contributed by atoms with Gasteiger partial charge in [-0.3, -0.25) is 4.79 Å². The van der Waals surface area contributed by atoms with Crippen LogP contribution in [0.1, 0.15) is 34.1 Å². The number of nitrogens with zero attached hydrogens (tertiary/aromatic N) is 3. The zero-order chi connectivity index (χ0) is 22.1. The van der Waals surface area contributed by atoms with Gasteiger partial charge < -0.3 is 15.1 Å². The van der Waals surface area contributed by atoms with E-state index in [0.717, 1.165) is 50.6 Å². The molecule has 0 radical (unpaired) electrons. The van der Waals surface area contributed by atoms with Gasteiger partial charge in [0.2, 0.25) is 15.9 Å². The molecule has 1 aromatic rings. The molecular formula is C21H36N4O3S2. The first kappa shape index (κ1) is 25.0. The van der Waals surface area contributed by atoms with E-state index < -0.39 is 10.0 Å². The van der Waals surface area contributed by atoms with Crippen LogP contribution < -0.4 is 10.2 Å². The fourth-order valence-electron chi connectivity index (χ4n) is 3.56. The number of carbonyl (C=O) groups excluding carboxylic acids is 1. The first-order valence-electron chi connectivity index (χ1n) is 10.9. The largest absolute Gasteiger partial charge is 0.367 e. The van der Waals surface area contributed by atoms with E-state index in [9.17, 15) is 13.2 Å². The SMILES string of the molecule is CCCSCC(=O)Nc1cc(S(=O)(=O)N(CC)CC)ccc1N1CCN(CC)CC1. The van der Waals surface area contributed by atoms with Crippen molar-refractivity contribution < 1.29 is 13.2 Å². The Hall–Kier alpha value is -1.29. The monoisotopic (exact) mass is 456 g/mol. The minimum absolute atomic E-state index is 0.0979. The molecule has 1 aromatic carbocycles. The van der Waals surface area contributed by atoms with E-state index in [1.807, 2.05) is 19.9 Å². The summed E-state index contributed by atoms with van der Waals surface area (Å²) in [4.78, 5) is 17.3. The molecule has 1 aliphatic heterocycles. The lowest BCUT2D eigenvalue weighted by molar-refractivity contribution is -0.113. The summed E-state index contributed by atoms with van der Waals surface area (Å²) in [5.41, 5.74) is 1.47. The molecule has 0 spiro atoms. The van der Waals surface area contributed by atoms with Gasteiger partial charge in [-0.2, -0.15) is 16.1 Å². The van der Waals surface area contributed by atoms with Crippen molar-refractivity contribution in [2.24, 2.45) is 0 Å². The highest BCUT2D eigenvalue weighted by Crippen LogP contribution is 2.31. The first-order valence-corrected chi connectivity index (χ1v) is 13.5. The smallest absolute Gasteiger partial charge is 0.243 e. The Balaban J connectivity index is 2.33. The highest BCUT2D eigenvalue weighted by atomic mass is 32.2. The Labute approximate surface area is 186 Å². The third kappa shape index (κ3) is 6.35. The molecule has 9 heteroatoms. The van der Waals surface area contributed by atoms with Crippen LogP contribution in [0.5, 0.6) is 0 Å². The van der Waals surface area contributed by atoms with E-state index in [4.69, 9.17) is 0 Å². The number of hydrogen-bond donors (Lipinski definition) is 1. The summed E-state index contributed by atoms with van der Waals surface area (Å²) in [5.74, 6) is 1.19. The fourth-order valence-corrected chi connectivity index (χ4v) is 5.74. The summed E-state index contributed by atoms with van der Waals surface area (Å²) >= 11 is 1.59. The number of thioether (sulfide) groups is 1. The summed E-state index contributed by atoms with van der Waals surface area (Å²) in [6.45, 7) is 13.4. The predicted molar refractivity (Wildman–Crippen MR) is 127 cm³/mol. The summed E-state index contributed by atoms with van der Waals surface area (Å²) in [5, 5.41) is 2.98. The van der Waals surface area contributed by atoms with Gasteiger partial charge in [-0.15, -0.1) is 0 Å². The third-order valence-corrected chi connectivity index (χ3v) is 8.54. The van der Waals surface area contributed by atoms with Crippen molar-refractivity contribution in [3.63, 3.8) is 0 Å². The molecule has 0 unspecified atom stereocenters. The number of rotatable bonds is 11. The van der Waals surface area contributed by atoms with Gasteiger partial charge in [0.15, 0.2) is 0 Å². The Morgan fingerprint density at radius 2 is 1.77 bits per heavy atom. The lowest BCUT2D eigenvalue weighted by Crippen LogP contribution is -2.46. The number of amides is 1. The van der Waals surface area contributed by atoms with E-state index in [0.29, 0.717) is 24.5 Å². The number of nitrogens with one attached hydrogen (secondary N) is 1. The van der Waals surface area contributed by atoms with Crippen LogP contribution in [0, 0.1) is 0 Å². The topological polar surface area (TPSA) is 73.0 Å². The summed E-state index contributed by atoms with van der Waals surface area (Å²) < 4.78 is 27.4. The van der Waals surface area contributed by atoms with E-state index in [1.165, 1.54) is 4.31 Å². The normalized spacial score (nSPS) is 15.6. The molecule has 1 aliphatic rings. The van der Waals surface area contributed by atoms with Gasteiger partial charge in [-0.05, 0) is 36.9 Å². The molecule has 0 aromatic heterocycles. The van der Waals surface area contributed by atoms with Crippen molar-refractivity contribution in [2.75, 3.05) is 67.5 Å². The van der Waals surface area contributed by atoms with Gasteiger partial charge in [-0.25, -0.2) is 8.42 Å². The zero-order valence-corrected chi connectivity index (χ0v) is 20.3. The lowest BCUT2D eigenvalue weighted by Gasteiger charge is -2.36. The number of likely N-dealkylation sites (N-methyl/N-ethyl adjacent to an activating group) is 1. The number of carbonyl (C=O) groups is 1. The average Bonchev–Trinajstić information content (AvgIpc) is 2.74. The van der Waals surface area contributed by atoms with Crippen LogP contribution in [-0.2, 0) is 14.8 Å². The van der Waals surface area contributed by atoms with Crippen molar-refractivity contribution in [3.05, 3.63) is 18.2 Å². The molecule has 1 fully saturated rings. The highest BCUT2D eigenvalue weighted by Gasteiger charge is 2.25. The molecule has 1 N–H and O–H groups in total. The van der Waals surface area contributed by atoms with E-state index in [1.54, 1.807) is 23.9 Å². The van der Waals surface area contributed by atoms with Gasteiger partial charge in [0.1, 0.15) is 0 Å². The number of anilines is 2. The number of benzene rings is 1. The van der Waals surface area contributed by atoms with Crippen LogP contribution in [-0.4, -0.2) is 80.8 Å². The highest BCUT2D eigenvalue weighted by molar-refractivity contribution is 7.99. The van der Waals surface area contributed by atoms with Crippen LogP contribution in [0.25, 0.3) is 0 Å². The second-order valence-corrected chi connectivity index (χ2v) is 10.3. The minimum Gasteiger partial charge on any atom is -0.367 e. The standard InChI is InChI=1S/C21H36N4O3S2/c1-5-15-29-17-21(26)22-19-16-18(30(27,28)25(7-3)8-4)9-10-20(19)24-13-11-23(6-2)12-14-24/h9-10,16H,5-8,11-15,17H2,1-4H3,(H,22,26). The van der Waals surface area contributed by atoms with Crippen molar-refractivity contribution in [3.8, 4) is 0 Å². The van der Waals surface area contributed by atoms with Crippen LogP contribution in [0.15, 0.2) is 23.1 Å². The maximum absolute atomic E-state index is 13.0. The minimum atomic E-state index is -3.59. The lowest BCUT2D eigenvalue weighted by atomic mass is 10.2. The maximum Gasteiger partial charge on any atom is 0.243 e. The Kier molecular flexibility index (Phi) is 9.93. The Morgan fingerprint density at radius 1 is 1.10 bits per heavy atom. The molecule has 1 saturated heterocycles. The summed E-state index contributed by atoms with van der Waals surface area (Å²) in [6.07, 6.45) is 1.02. The van der Waals surface area contributed by atoms with Crippen molar-refractivity contribution in [1.82, 2.24) is 9.21 Å². The summed E-state index contributed by atoms with van der Waals surface area (Å²) in [6, 6.07) is 5.13. The zero-order valence-electron chi connectivity index (χ0n) is 18.7. The molecule has 170 valence electrons. The number of sulfonamides is 1. The molecule has 30 heavy (non-hydrogen) atoms. The molecule has 1 heterocycles. The van der Waals surface area contributed by atoms with Crippen molar-refractivity contribution in [1.29, 1.82) is 0 Å². The molecule has 0 aliphatic carbocycles. The van der Waals surface area contributed by atoms with Gasteiger partial charge in [-0.1, -0.05) is 27.7 Å². The van der Waals surface area contributed by atoms with E-state index in [2.05, 4.69) is 29.0 Å². The predicted octanol–water partition coefficient (Wildman–Crippen LogP) is 2.94. The van der Waals surface area contributed by atoms with Gasteiger partial charge in [0.25, 0.3) is 0 Å². The second kappa shape index (κ2) is 11.9. The van der Waals surface area contributed by atoms with Crippen molar-refractivity contribution >= 4 is 39.1 Å². The molecule has 1 amide bonds. The molecule has 7 nitrogen and oxygen atoms in total. The molecule has 2 rings (SSSR count). The van der Waals surface area contributed by atoms with Crippen LogP contribution in [0.4, 0.5) is 11.4 Å². The Morgan fingerprint density at radius 3 is 2.33 bits per heavy atom. The quantitative estimate of drug-likeness (QED) is 0.516. The molecule has 0 atom stereocenters. The number of hydrogen-bond acceptors (Lipinski definition) is 6. The van der Waals surface area contributed by atoms with Crippen molar-refractivity contribution in [2.45, 2.75) is 39.0 Å².